The predicted molar refractivity (Wildman–Crippen MR) is 43.2 cm³/mol. The molecule has 2 aromatic rings. The molecule has 0 saturated heterocycles. The van der Waals surface area contributed by atoms with E-state index in [9.17, 15) is 0 Å². The van der Waals surface area contributed by atoms with Crippen LogP contribution in [0.1, 0.15) is 5.69 Å². The molecule has 0 fully saturated rings. The monoisotopic (exact) mass is 164 g/mol. The van der Waals surface area contributed by atoms with Crippen LogP contribution in [0.3, 0.4) is 0 Å². The van der Waals surface area contributed by atoms with E-state index in [1.807, 2.05) is 6.92 Å². The SMILES string of the molecule is Cc1[nH]ncc1-c1cc(N)no1. The number of nitrogens with two attached hydrogens (primary N) is 1. The highest BCUT2D eigenvalue weighted by atomic mass is 16.5. The number of hydrogen-bond acceptors (Lipinski definition) is 4. The van der Waals surface area contributed by atoms with Crippen LogP contribution in [-0.4, -0.2) is 15.4 Å². The minimum atomic E-state index is 0.380. The first kappa shape index (κ1) is 6.90. The highest BCUT2D eigenvalue weighted by Gasteiger charge is 2.08. The van der Waals surface area contributed by atoms with Gasteiger partial charge in [0.1, 0.15) is 0 Å². The zero-order valence-electron chi connectivity index (χ0n) is 6.53. The summed E-state index contributed by atoms with van der Waals surface area (Å²) in [6, 6.07) is 1.66. The second-order valence-corrected chi connectivity index (χ2v) is 2.52. The van der Waals surface area contributed by atoms with E-state index < -0.39 is 0 Å². The first-order valence-electron chi connectivity index (χ1n) is 3.50. The fourth-order valence-electron chi connectivity index (χ4n) is 1.01. The summed E-state index contributed by atoms with van der Waals surface area (Å²) in [7, 11) is 0. The number of nitrogens with one attached hydrogen (secondary N) is 1. The van der Waals surface area contributed by atoms with Crippen molar-refractivity contribution in [3.8, 4) is 11.3 Å². The molecule has 0 aliphatic heterocycles. The molecule has 0 aliphatic rings. The van der Waals surface area contributed by atoms with Crippen molar-refractivity contribution in [2.75, 3.05) is 5.73 Å². The molecule has 0 amide bonds. The molecule has 5 heteroatoms. The number of aromatic nitrogens is 3. The number of hydrogen-bond donors (Lipinski definition) is 2. The van der Waals surface area contributed by atoms with Gasteiger partial charge in [0.15, 0.2) is 11.6 Å². The summed E-state index contributed by atoms with van der Waals surface area (Å²) in [6.45, 7) is 1.90. The van der Waals surface area contributed by atoms with E-state index in [4.69, 9.17) is 10.3 Å². The fourth-order valence-corrected chi connectivity index (χ4v) is 1.01. The van der Waals surface area contributed by atoms with Gasteiger partial charge in [0.2, 0.25) is 0 Å². The van der Waals surface area contributed by atoms with Crippen molar-refractivity contribution in [3.05, 3.63) is 18.0 Å². The molecule has 0 unspecified atom stereocenters. The summed E-state index contributed by atoms with van der Waals surface area (Å²) in [5.41, 5.74) is 7.22. The lowest BCUT2D eigenvalue weighted by Gasteiger charge is -1.88. The maximum atomic E-state index is 5.40. The molecule has 12 heavy (non-hydrogen) atoms. The minimum absolute atomic E-state index is 0.380. The third-order valence-electron chi connectivity index (χ3n) is 1.62. The van der Waals surface area contributed by atoms with Crippen molar-refractivity contribution in [1.29, 1.82) is 0 Å². The standard InChI is InChI=1S/C7H8N4O/c1-4-5(3-9-10-4)6-2-7(8)11-12-6/h2-3H,1H3,(H2,8,11)(H,9,10). The quantitative estimate of drug-likeness (QED) is 0.657. The Bertz CT molecular complexity index is 390. The van der Waals surface area contributed by atoms with E-state index >= 15 is 0 Å². The highest BCUT2D eigenvalue weighted by molar-refractivity contribution is 5.61. The van der Waals surface area contributed by atoms with E-state index in [1.165, 1.54) is 0 Å². The zero-order valence-corrected chi connectivity index (χ0v) is 6.53. The molecule has 2 aromatic heterocycles. The third-order valence-corrected chi connectivity index (χ3v) is 1.62. The highest BCUT2D eigenvalue weighted by Crippen LogP contribution is 2.22. The van der Waals surface area contributed by atoms with Gasteiger partial charge in [-0.15, -0.1) is 0 Å². The maximum absolute atomic E-state index is 5.40. The van der Waals surface area contributed by atoms with E-state index in [0.717, 1.165) is 11.3 Å². The number of rotatable bonds is 1. The van der Waals surface area contributed by atoms with Crippen molar-refractivity contribution < 1.29 is 4.52 Å². The van der Waals surface area contributed by atoms with Crippen LogP contribution >= 0.6 is 0 Å². The number of aromatic amines is 1. The third kappa shape index (κ3) is 0.952. The molecule has 2 heterocycles. The van der Waals surface area contributed by atoms with Crippen LogP contribution in [0.4, 0.5) is 5.82 Å². The predicted octanol–water partition coefficient (Wildman–Crippen LogP) is 0.955. The lowest BCUT2D eigenvalue weighted by Crippen LogP contribution is -1.80. The number of H-pyrrole nitrogens is 1. The Labute approximate surface area is 68.6 Å². The Kier molecular flexibility index (Phi) is 1.36. The topological polar surface area (TPSA) is 80.7 Å². The van der Waals surface area contributed by atoms with E-state index in [1.54, 1.807) is 12.3 Å². The summed E-state index contributed by atoms with van der Waals surface area (Å²) in [5.74, 6) is 1.02. The fraction of sp³-hybridized carbons (Fsp3) is 0.143. The lowest BCUT2D eigenvalue weighted by atomic mass is 10.2. The second-order valence-electron chi connectivity index (χ2n) is 2.52. The van der Waals surface area contributed by atoms with Gasteiger partial charge in [0, 0.05) is 11.8 Å². The van der Waals surface area contributed by atoms with Crippen molar-refractivity contribution >= 4 is 5.82 Å². The first-order valence-corrected chi connectivity index (χ1v) is 3.50. The van der Waals surface area contributed by atoms with Gasteiger partial charge >= 0.3 is 0 Å². The van der Waals surface area contributed by atoms with E-state index in [2.05, 4.69) is 15.4 Å². The normalized spacial score (nSPS) is 10.4. The van der Waals surface area contributed by atoms with Gasteiger partial charge in [-0.25, -0.2) is 0 Å². The summed E-state index contributed by atoms with van der Waals surface area (Å²) < 4.78 is 4.95. The molecule has 0 radical (unpaired) electrons. The van der Waals surface area contributed by atoms with Crippen LogP contribution in [0.2, 0.25) is 0 Å². The molecule has 0 saturated carbocycles. The Hall–Kier alpha value is -1.78. The van der Waals surface area contributed by atoms with Crippen molar-refractivity contribution in [3.63, 3.8) is 0 Å². The smallest absolute Gasteiger partial charge is 0.172 e. The second kappa shape index (κ2) is 2.37. The summed E-state index contributed by atoms with van der Waals surface area (Å²) in [5, 5.41) is 10.2. The molecule has 5 nitrogen and oxygen atoms in total. The number of nitrogen functional groups attached to an aromatic ring is 1. The van der Waals surface area contributed by atoms with Crippen LogP contribution in [-0.2, 0) is 0 Å². The lowest BCUT2D eigenvalue weighted by molar-refractivity contribution is 0.435. The van der Waals surface area contributed by atoms with Crippen LogP contribution in [0.25, 0.3) is 11.3 Å². The molecular formula is C7H8N4O. The van der Waals surface area contributed by atoms with Gasteiger partial charge in [-0.1, -0.05) is 5.16 Å². The number of anilines is 1. The molecule has 0 bridgehead atoms. The number of aryl methyl sites for hydroxylation is 1. The Morgan fingerprint density at radius 3 is 2.92 bits per heavy atom. The Morgan fingerprint density at radius 1 is 1.58 bits per heavy atom. The van der Waals surface area contributed by atoms with Crippen molar-refractivity contribution in [2.24, 2.45) is 0 Å². The molecule has 2 rings (SSSR count). The first-order chi connectivity index (χ1) is 5.77. The average molecular weight is 164 g/mol. The van der Waals surface area contributed by atoms with Gasteiger partial charge in [0.05, 0.1) is 11.8 Å². The van der Waals surface area contributed by atoms with E-state index in [0.29, 0.717) is 11.6 Å². The molecular weight excluding hydrogens is 156 g/mol. The van der Waals surface area contributed by atoms with Gasteiger partial charge in [-0.2, -0.15) is 5.10 Å². The van der Waals surface area contributed by atoms with Crippen LogP contribution in [0, 0.1) is 6.92 Å². The van der Waals surface area contributed by atoms with E-state index in [-0.39, 0.29) is 0 Å². The summed E-state index contributed by atoms with van der Waals surface area (Å²) >= 11 is 0. The molecule has 0 atom stereocenters. The van der Waals surface area contributed by atoms with Crippen LogP contribution in [0.15, 0.2) is 16.8 Å². The summed E-state index contributed by atoms with van der Waals surface area (Å²) in [6.07, 6.45) is 1.68. The maximum Gasteiger partial charge on any atom is 0.172 e. The van der Waals surface area contributed by atoms with Gasteiger partial charge < -0.3 is 10.3 Å². The molecule has 0 aliphatic carbocycles. The Balaban J connectivity index is 2.50. The molecule has 0 spiro atoms. The Morgan fingerprint density at radius 2 is 2.42 bits per heavy atom. The van der Waals surface area contributed by atoms with Crippen LogP contribution < -0.4 is 5.73 Å². The average Bonchev–Trinajstić information content (AvgIpc) is 2.58. The number of nitrogens with zero attached hydrogens (tertiary/aromatic N) is 2. The minimum Gasteiger partial charge on any atom is -0.381 e. The molecule has 62 valence electrons. The van der Waals surface area contributed by atoms with Gasteiger partial charge in [0.25, 0.3) is 0 Å². The van der Waals surface area contributed by atoms with Gasteiger partial charge in [-0.05, 0) is 6.92 Å². The van der Waals surface area contributed by atoms with Crippen LogP contribution in [0.5, 0.6) is 0 Å². The van der Waals surface area contributed by atoms with Crippen molar-refractivity contribution in [2.45, 2.75) is 6.92 Å². The van der Waals surface area contributed by atoms with Gasteiger partial charge in [-0.3, -0.25) is 5.10 Å². The summed E-state index contributed by atoms with van der Waals surface area (Å²) in [4.78, 5) is 0. The zero-order chi connectivity index (χ0) is 8.55. The van der Waals surface area contributed by atoms with Crippen molar-refractivity contribution in [1.82, 2.24) is 15.4 Å². The molecule has 3 N–H and O–H groups in total. The largest absolute Gasteiger partial charge is 0.381 e. The molecule has 0 aromatic carbocycles.